The lowest BCUT2D eigenvalue weighted by Gasteiger charge is -2.09. The number of nitrogens with one attached hydrogen (secondary N) is 2. The van der Waals surface area contributed by atoms with Crippen molar-refractivity contribution in [2.24, 2.45) is 0 Å². The molecular weight excluding hydrogens is 346 g/mol. The van der Waals surface area contributed by atoms with Crippen LogP contribution >= 0.6 is 11.6 Å². The predicted octanol–water partition coefficient (Wildman–Crippen LogP) is 3.60. The second-order valence-electron chi connectivity index (χ2n) is 5.42. The third-order valence-electron chi connectivity index (χ3n) is 3.44. The summed E-state index contributed by atoms with van der Waals surface area (Å²) in [7, 11) is -3.47. The zero-order valence-electron chi connectivity index (χ0n) is 12.7. The molecule has 2 N–H and O–H groups in total. The molecule has 0 spiro atoms. The van der Waals surface area contributed by atoms with E-state index in [-0.39, 0.29) is 5.75 Å². The summed E-state index contributed by atoms with van der Waals surface area (Å²) in [6, 6.07) is 14.0. The van der Waals surface area contributed by atoms with E-state index in [4.69, 9.17) is 11.6 Å². The van der Waals surface area contributed by atoms with Gasteiger partial charge in [0.1, 0.15) is 0 Å². The van der Waals surface area contributed by atoms with Crippen molar-refractivity contribution in [2.75, 3.05) is 4.72 Å². The molecule has 0 fully saturated rings. The van der Waals surface area contributed by atoms with Crippen LogP contribution in [0.3, 0.4) is 0 Å². The number of anilines is 1. The number of hydrogen-bond donors (Lipinski definition) is 2. The Morgan fingerprint density at radius 3 is 2.29 bits per heavy atom. The number of sulfonamides is 1. The number of hydrogen-bond acceptors (Lipinski definition) is 3. The van der Waals surface area contributed by atoms with Gasteiger partial charge in [-0.3, -0.25) is 4.72 Å². The van der Waals surface area contributed by atoms with Gasteiger partial charge in [-0.05, 0) is 35.4 Å². The number of aromatic amines is 1. The summed E-state index contributed by atoms with van der Waals surface area (Å²) in [6.45, 7) is 0. The molecule has 0 radical (unpaired) electrons. The molecule has 0 saturated heterocycles. The van der Waals surface area contributed by atoms with E-state index in [0.29, 0.717) is 22.7 Å². The summed E-state index contributed by atoms with van der Waals surface area (Å²) >= 11 is 5.81. The van der Waals surface area contributed by atoms with Crippen LogP contribution in [0.4, 0.5) is 5.69 Å². The van der Waals surface area contributed by atoms with Crippen molar-refractivity contribution in [3.05, 3.63) is 82.9 Å². The van der Waals surface area contributed by atoms with E-state index in [1.54, 1.807) is 42.7 Å². The number of H-pyrrole nitrogens is 1. The second-order valence-corrected chi connectivity index (χ2v) is 7.58. The summed E-state index contributed by atoms with van der Waals surface area (Å²) in [5.41, 5.74) is 3.21. The summed E-state index contributed by atoms with van der Waals surface area (Å²) in [4.78, 5) is 7.08. The van der Waals surface area contributed by atoms with Gasteiger partial charge < -0.3 is 4.98 Å². The van der Waals surface area contributed by atoms with Crippen molar-refractivity contribution < 1.29 is 8.42 Å². The average molecular weight is 362 g/mol. The lowest BCUT2D eigenvalue weighted by atomic mass is 10.1. The molecule has 0 aliphatic rings. The van der Waals surface area contributed by atoms with Crippen LogP contribution in [0.15, 0.2) is 61.1 Å². The number of imidazole rings is 1. The summed E-state index contributed by atoms with van der Waals surface area (Å²) in [5.74, 6) is -0.0980. The van der Waals surface area contributed by atoms with E-state index >= 15 is 0 Å². The maximum atomic E-state index is 12.2. The van der Waals surface area contributed by atoms with E-state index in [9.17, 15) is 8.42 Å². The molecule has 0 unspecified atom stereocenters. The largest absolute Gasteiger partial charge is 0.351 e. The molecule has 7 heteroatoms. The predicted molar refractivity (Wildman–Crippen MR) is 95.5 cm³/mol. The third kappa shape index (κ3) is 4.59. The Morgan fingerprint density at radius 1 is 1.00 bits per heavy atom. The zero-order chi connectivity index (χ0) is 17.0. The number of aromatic nitrogens is 2. The number of nitrogens with zero attached hydrogens (tertiary/aromatic N) is 1. The Labute approximate surface area is 145 Å². The summed E-state index contributed by atoms with van der Waals surface area (Å²) in [5, 5.41) is 0.580. The highest BCUT2D eigenvalue weighted by molar-refractivity contribution is 7.91. The molecule has 0 bridgehead atoms. The normalized spacial score (nSPS) is 11.4. The van der Waals surface area contributed by atoms with Gasteiger partial charge in [0.15, 0.2) is 0 Å². The fraction of sp³-hybridized carbons (Fsp3) is 0.118. The molecule has 3 rings (SSSR count). The van der Waals surface area contributed by atoms with Crippen LogP contribution in [0, 0.1) is 0 Å². The van der Waals surface area contributed by atoms with Crippen molar-refractivity contribution >= 4 is 27.3 Å². The lowest BCUT2D eigenvalue weighted by Crippen LogP contribution is -2.15. The van der Waals surface area contributed by atoms with Gasteiger partial charge in [0, 0.05) is 23.3 Å². The highest BCUT2D eigenvalue weighted by Gasteiger charge is 2.12. The molecule has 124 valence electrons. The van der Waals surface area contributed by atoms with Gasteiger partial charge in [-0.2, -0.15) is 0 Å². The Bertz CT molecular complexity index is 890. The summed E-state index contributed by atoms with van der Waals surface area (Å²) < 4.78 is 27.1. The van der Waals surface area contributed by atoms with Crippen molar-refractivity contribution in [3.8, 4) is 0 Å². The minimum absolute atomic E-state index is 0.0980. The first-order valence-corrected chi connectivity index (χ1v) is 9.35. The van der Waals surface area contributed by atoms with Crippen LogP contribution in [0.5, 0.6) is 0 Å². The highest BCUT2D eigenvalue weighted by atomic mass is 35.5. The maximum Gasteiger partial charge on any atom is 0.236 e. The molecule has 0 aliphatic carbocycles. The van der Waals surface area contributed by atoms with Gasteiger partial charge in [0.25, 0.3) is 0 Å². The Balaban J connectivity index is 1.65. The molecule has 0 aliphatic heterocycles. The standard InChI is InChI=1S/C17H16ClN3O2S/c18-15-5-1-14(2-6-15)11-24(22,23)21-16-7-3-13(4-8-16)9-17-10-19-12-20-17/h1-8,10,12,21H,9,11H2,(H,19,20). The molecule has 0 saturated carbocycles. The van der Waals surface area contributed by atoms with E-state index in [1.807, 2.05) is 18.3 Å². The van der Waals surface area contributed by atoms with Crippen LogP contribution in [-0.4, -0.2) is 18.4 Å². The molecule has 1 heterocycles. The van der Waals surface area contributed by atoms with Crippen LogP contribution in [0.1, 0.15) is 16.8 Å². The minimum atomic E-state index is -3.47. The first-order valence-electron chi connectivity index (χ1n) is 7.32. The van der Waals surface area contributed by atoms with Crippen molar-refractivity contribution in [1.82, 2.24) is 9.97 Å². The van der Waals surface area contributed by atoms with Crippen molar-refractivity contribution in [2.45, 2.75) is 12.2 Å². The average Bonchev–Trinajstić information content (AvgIpc) is 3.04. The Kier molecular flexibility index (Phi) is 4.87. The highest BCUT2D eigenvalue weighted by Crippen LogP contribution is 2.17. The van der Waals surface area contributed by atoms with E-state index in [0.717, 1.165) is 11.3 Å². The molecule has 2 aromatic carbocycles. The summed E-state index contributed by atoms with van der Waals surface area (Å²) in [6.07, 6.45) is 4.17. The molecular formula is C17H16ClN3O2S. The maximum absolute atomic E-state index is 12.2. The monoisotopic (exact) mass is 361 g/mol. The topological polar surface area (TPSA) is 74.8 Å². The fourth-order valence-electron chi connectivity index (χ4n) is 2.30. The SMILES string of the molecule is O=S(=O)(Cc1ccc(Cl)cc1)Nc1ccc(Cc2c[nH]cn2)cc1. The lowest BCUT2D eigenvalue weighted by molar-refractivity contribution is 0.600. The van der Waals surface area contributed by atoms with E-state index < -0.39 is 10.0 Å². The molecule has 24 heavy (non-hydrogen) atoms. The first kappa shape index (κ1) is 16.5. The third-order valence-corrected chi connectivity index (χ3v) is 4.95. The van der Waals surface area contributed by atoms with Gasteiger partial charge >= 0.3 is 0 Å². The van der Waals surface area contributed by atoms with Crippen molar-refractivity contribution in [3.63, 3.8) is 0 Å². The molecule has 3 aromatic rings. The van der Waals surface area contributed by atoms with Gasteiger partial charge in [-0.15, -0.1) is 0 Å². The molecule has 0 atom stereocenters. The smallest absolute Gasteiger partial charge is 0.236 e. The first-order chi connectivity index (χ1) is 11.5. The Morgan fingerprint density at radius 2 is 1.67 bits per heavy atom. The molecule has 1 aromatic heterocycles. The molecule has 0 amide bonds. The van der Waals surface area contributed by atoms with Crippen LogP contribution < -0.4 is 4.72 Å². The fourth-order valence-corrected chi connectivity index (χ4v) is 3.63. The molecule has 5 nitrogen and oxygen atoms in total. The van der Waals surface area contributed by atoms with Crippen molar-refractivity contribution in [1.29, 1.82) is 0 Å². The van der Waals surface area contributed by atoms with Gasteiger partial charge in [0.2, 0.25) is 10.0 Å². The number of benzene rings is 2. The second kappa shape index (κ2) is 7.07. The van der Waals surface area contributed by atoms with E-state index in [1.165, 1.54) is 0 Å². The van der Waals surface area contributed by atoms with Crippen LogP contribution in [0.25, 0.3) is 0 Å². The van der Waals surface area contributed by atoms with E-state index in [2.05, 4.69) is 14.7 Å². The van der Waals surface area contributed by atoms with Crippen LogP contribution in [0.2, 0.25) is 5.02 Å². The minimum Gasteiger partial charge on any atom is -0.351 e. The van der Waals surface area contributed by atoms with Gasteiger partial charge in [0.05, 0.1) is 17.8 Å². The van der Waals surface area contributed by atoms with Crippen LogP contribution in [-0.2, 0) is 22.2 Å². The van der Waals surface area contributed by atoms with Gasteiger partial charge in [-0.25, -0.2) is 13.4 Å². The number of halogens is 1. The Hall–Kier alpha value is -2.31. The zero-order valence-corrected chi connectivity index (χ0v) is 14.3. The quantitative estimate of drug-likeness (QED) is 0.704. The van der Waals surface area contributed by atoms with Gasteiger partial charge in [-0.1, -0.05) is 35.9 Å². The number of rotatable bonds is 6.